The molecule has 6 heteroatoms. The first-order valence-electron chi connectivity index (χ1n) is 10.4. The van der Waals surface area contributed by atoms with E-state index in [1.807, 2.05) is 48.5 Å². The summed E-state index contributed by atoms with van der Waals surface area (Å²) in [5, 5.41) is 8.67. The Balaban J connectivity index is 0.000000213. The number of nitrogens with zero attached hydrogens (tertiary/aromatic N) is 3. The summed E-state index contributed by atoms with van der Waals surface area (Å²) in [4.78, 5) is 15.2. The highest BCUT2D eigenvalue weighted by atomic mass is 16.5. The molecule has 0 amide bonds. The van der Waals surface area contributed by atoms with E-state index in [-0.39, 0.29) is 7.43 Å². The molecule has 0 spiro atoms. The number of morpholine rings is 2. The van der Waals surface area contributed by atoms with Crippen LogP contribution >= 0.6 is 0 Å². The third-order valence-electron chi connectivity index (χ3n) is 5.22. The van der Waals surface area contributed by atoms with Gasteiger partial charge >= 0.3 is 0 Å². The Morgan fingerprint density at radius 1 is 0.774 bits per heavy atom. The average molecular weight is 424 g/mol. The maximum Gasteiger partial charge on any atom is 0.150 e. The normalized spacial score (nSPS) is 16.9. The van der Waals surface area contributed by atoms with Crippen molar-refractivity contribution in [1.29, 1.82) is 5.26 Å². The van der Waals surface area contributed by atoms with Crippen molar-refractivity contribution in [3.63, 3.8) is 0 Å². The van der Waals surface area contributed by atoms with Crippen molar-refractivity contribution in [2.24, 2.45) is 0 Å². The van der Waals surface area contributed by atoms with E-state index in [4.69, 9.17) is 14.7 Å². The van der Waals surface area contributed by atoms with Crippen molar-refractivity contribution in [1.82, 2.24) is 9.80 Å². The number of carbonyl (C=O) groups excluding carboxylic acids is 1. The van der Waals surface area contributed by atoms with Gasteiger partial charge < -0.3 is 9.47 Å². The quantitative estimate of drug-likeness (QED) is 0.687. The van der Waals surface area contributed by atoms with Crippen molar-refractivity contribution in [3.8, 4) is 6.07 Å². The lowest BCUT2D eigenvalue weighted by molar-refractivity contribution is 0.0341. The molecule has 2 aliphatic rings. The summed E-state index contributed by atoms with van der Waals surface area (Å²) in [6.45, 7) is 9.20. The molecule has 2 aromatic rings. The number of benzene rings is 2. The van der Waals surface area contributed by atoms with Gasteiger partial charge in [0.15, 0.2) is 0 Å². The van der Waals surface area contributed by atoms with Gasteiger partial charge in [0.25, 0.3) is 0 Å². The summed E-state index contributed by atoms with van der Waals surface area (Å²) in [5.41, 5.74) is 3.97. The molecule has 2 aliphatic heterocycles. The molecular weight excluding hydrogens is 390 g/mol. The van der Waals surface area contributed by atoms with E-state index in [1.54, 1.807) is 0 Å². The van der Waals surface area contributed by atoms with Crippen LogP contribution < -0.4 is 0 Å². The van der Waals surface area contributed by atoms with E-state index in [0.29, 0.717) is 0 Å². The Bertz CT molecular complexity index is 803. The predicted molar refractivity (Wildman–Crippen MR) is 122 cm³/mol. The van der Waals surface area contributed by atoms with Crippen LogP contribution in [0.1, 0.15) is 34.5 Å². The molecule has 0 saturated carbocycles. The lowest BCUT2D eigenvalue weighted by Gasteiger charge is -2.26. The van der Waals surface area contributed by atoms with E-state index in [9.17, 15) is 4.79 Å². The highest BCUT2D eigenvalue weighted by molar-refractivity contribution is 5.74. The Morgan fingerprint density at radius 2 is 1.19 bits per heavy atom. The fourth-order valence-corrected chi connectivity index (χ4v) is 3.42. The number of nitriles is 1. The van der Waals surface area contributed by atoms with Crippen LogP contribution in [0.5, 0.6) is 0 Å². The Morgan fingerprint density at radius 3 is 1.58 bits per heavy atom. The second-order valence-electron chi connectivity index (χ2n) is 7.45. The number of hydrogen-bond acceptors (Lipinski definition) is 6. The van der Waals surface area contributed by atoms with Gasteiger partial charge in [0.1, 0.15) is 6.29 Å². The van der Waals surface area contributed by atoms with Gasteiger partial charge in [-0.05, 0) is 23.3 Å². The van der Waals surface area contributed by atoms with Crippen LogP contribution in [-0.4, -0.2) is 68.7 Å². The molecule has 2 saturated heterocycles. The summed E-state index contributed by atoms with van der Waals surface area (Å²) in [5.74, 6) is 0. The molecule has 2 fully saturated rings. The fraction of sp³-hybridized carbons (Fsp3) is 0.440. The summed E-state index contributed by atoms with van der Waals surface area (Å²) in [6.07, 6.45) is 0.874. The zero-order valence-corrected chi connectivity index (χ0v) is 17.3. The molecule has 0 N–H and O–H groups in total. The molecule has 0 aliphatic carbocycles. The first-order valence-corrected chi connectivity index (χ1v) is 10.4. The SMILES string of the molecule is C.N#Cc1ccc(CN2CCOCC2)cc1.O=Cc1ccc(CN2CCOCC2)cc1. The van der Waals surface area contributed by atoms with Crippen LogP contribution in [0.25, 0.3) is 0 Å². The number of carbonyl (C=O) groups is 1. The first kappa shape index (κ1) is 24.7. The zero-order valence-electron chi connectivity index (χ0n) is 17.3. The molecule has 0 unspecified atom stereocenters. The highest BCUT2D eigenvalue weighted by Gasteiger charge is 2.11. The number of rotatable bonds is 5. The maximum absolute atomic E-state index is 10.5. The minimum atomic E-state index is 0. The lowest BCUT2D eigenvalue weighted by atomic mass is 10.1. The first-order chi connectivity index (χ1) is 14.8. The van der Waals surface area contributed by atoms with Crippen LogP contribution in [0, 0.1) is 11.3 Å². The molecular formula is C25H33N3O3. The molecule has 4 rings (SSSR count). The molecule has 31 heavy (non-hydrogen) atoms. The monoisotopic (exact) mass is 423 g/mol. The van der Waals surface area contributed by atoms with E-state index in [2.05, 4.69) is 15.9 Å². The van der Waals surface area contributed by atoms with Gasteiger partial charge in [0, 0.05) is 44.8 Å². The Kier molecular flexibility index (Phi) is 10.9. The summed E-state index contributed by atoms with van der Waals surface area (Å²) < 4.78 is 10.6. The van der Waals surface area contributed by atoms with Crippen molar-refractivity contribution in [3.05, 3.63) is 70.8 Å². The van der Waals surface area contributed by atoms with Gasteiger partial charge in [-0.1, -0.05) is 43.8 Å². The summed E-state index contributed by atoms with van der Waals surface area (Å²) in [7, 11) is 0. The topological polar surface area (TPSA) is 65.8 Å². The smallest absolute Gasteiger partial charge is 0.150 e. The number of aldehydes is 1. The van der Waals surface area contributed by atoms with Crippen molar-refractivity contribution in [2.75, 3.05) is 52.6 Å². The third kappa shape index (κ3) is 8.60. The standard InChI is InChI=1S/C12H14N2O.C12H15NO2.CH4/c13-9-11-1-3-12(4-2-11)10-14-5-7-15-8-6-14;14-10-12-3-1-11(2-4-12)9-13-5-7-15-8-6-13;/h1-4H,5-8,10H2;1-4,10H,5-9H2;1H4. The molecule has 0 radical (unpaired) electrons. The number of hydrogen-bond donors (Lipinski definition) is 0. The average Bonchev–Trinajstić information content (AvgIpc) is 2.82. The predicted octanol–water partition coefficient (Wildman–Crippen LogP) is 3.36. The van der Waals surface area contributed by atoms with Crippen LogP contribution in [0.2, 0.25) is 0 Å². The minimum Gasteiger partial charge on any atom is -0.379 e. The number of ether oxygens (including phenoxy) is 2. The van der Waals surface area contributed by atoms with Gasteiger partial charge in [-0.3, -0.25) is 14.6 Å². The van der Waals surface area contributed by atoms with Gasteiger partial charge in [-0.25, -0.2) is 0 Å². The van der Waals surface area contributed by atoms with E-state index < -0.39 is 0 Å². The summed E-state index contributed by atoms with van der Waals surface area (Å²) in [6, 6.07) is 17.7. The molecule has 0 aromatic heterocycles. The molecule has 0 atom stereocenters. The summed E-state index contributed by atoms with van der Waals surface area (Å²) >= 11 is 0. The van der Waals surface area contributed by atoms with Gasteiger partial charge in [0.2, 0.25) is 0 Å². The molecule has 166 valence electrons. The highest BCUT2D eigenvalue weighted by Crippen LogP contribution is 2.09. The third-order valence-corrected chi connectivity index (χ3v) is 5.22. The zero-order chi connectivity index (χ0) is 21.0. The lowest BCUT2D eigenvalue weighted by Crippen LogP contribution is -2.35. The maximum atomic E-state index is 10.5. The Hall–Kier alpha value is -2.56. The molecule has 0 bridgehead atoms. The van der Waals surface area contributed by atoms with Gasteiger partial charge in [-0.2, -0.15) is 5.26 Å². The molecule has 2 heterocycles. The van der Waals surface area contributed by atoms with Crippen molar-refractivity contribution >= 4 is 6.29 Å². The van der Waals surface area contributed by atoms with Gasteiger partial charge in [-0.15, -0.1) is 0 Å². The van der Waals surface area contributed by atoms with Gasteiger partial charge in [0.05, 0.1) is 38.1 Å². The molecule has 6 nitrogen and oxygen atoms in total. The van der Waals surface area contributed by atoms with Crippen molar-refractivity contribution in [2.45, 2.75) is 20.5 Å². The van der Waals surface area contributed by atoms with Crippen LogP contribution in [-0.2, 0) is 22.6 Å². The Labute approximate surface area is 186 Å². The largest absolute Gasteiger partial charge is 0.379 e. The van der Waals surface area contributed by atoms with Crippen LogP contribution in [0.3, 0.4) is 0 Å². The fourth-order valence-electron chi connectivity index (χ4n) is 3.42. The van der Waals surface area contributed by atoms with Crippen LogP contribution in [0.4, 0.5) is 0 Å². The second kappa shape index (κ2) is 13.7. The molecule has 2 aromatic carbocycles. The second-order valence-corrected chi connectivity index (χ2v) is 7.45. The van der Waals surface area contributed by atoms with Crippen molar-refractivity contribution < 1.29 is 14.3 Å². The van der Waals surface area contributed by atoms with E-state index in [0.717, 1.165) is 83.1 Å². The van der Waals surface area contributed by atoms with E-state index >= 15 is 0 Å². The van der Waals surface area contributed by atoms with E-state index in [1.165, 1.54) is 11.1 Å². The minimum absolute atomic E-state index is 0. The van der Waals surface area contributed by atoms with Crippen LogP contribution in [0.15, 0.2) is 48.5 Å².